The average molecular weight is 350 g/mol. The number of carbonyl (C=O) groups excluding carboxylic acids is 1. The molecule has 0 saturated heterocycles. The lowest BCUT2D eigenvalue weighted by Gasteiger charge is -2.26. The van der Waals surface area contributed by atoms with E-state index < -0.39 is 16.0 Å². The van der Waals surface area contributed by atoms with Gasteiger partial charge in [-0.25, -0.2) is 13.2 Å². The minimum Gasteiger partial charge on any atom is -0.462 e. The number of carbonyl (C=O) groups is 1. The van der Waals surface area contributed by atoms with Crippen molar-refractivity contribution >= 4 is 16.0 Å². The van der Waals surface area contributed by atoms with Gasteiger partial charge in [0.1, 0.15) is 12.2 Å². The Bertz CT molecular complexity index is 875. The Morgan fingerprint density at radius 2 is 2.12 bits per heavy atom. The van der Waals surface area contributed by atoms with Crippen LogP contribution in [0.5, 0.6) is 0 Å². The summed E-state index contributed by atoms with van der Waals surface area (Å²) in [7, 11) is -3.73. The number of fused-ring (bicyclic) bond motifs is 1. The molecule has 0 fully saturated rings. The third kappa shape index (κ3) is 2.92. The fourth-order valence-corrected chi connectivity index (χ4v) is 4.00. The number of aryl methyl sites for hydroxylation is 1. The van der Waals surface area contributed by atoms with Crippen LogP contribution < -0.4 is 0 Å². The SMILES string of the molecule is CCOC(=O)c1cc(S(=O)(=O)N2CCn3cnnc3C2)ccc1C. The highest BCUT2D eigenvalue weighted by Gasteiger charge is 2.30. The molecule has 24 heavy (non-hydrogen) atoms. The first kappa shape index (κ1) is 16.6. The van der Waals surface area contributed by atoms with Gasteiger partial charge in [-0.1, -0.05) is 6.07 Å². The molecule has 0 N–H and O–H groups in total. The van der Waals surface area contributed by atoms with E-state index in [0.29, 0.717) is 24.5 Å². The Hall–Kier alpha value is -2.26. The van der Waals surface area contributed by atoms with Crippen LogP contribution in [0.15, 0.2) is 29.4 Å². The van der Waals surface area contributed by atoms with Crippen LogP contribution in [0.3, 0.4) is 0 Å². The number of esters is 1. The highest BCUT2D eigenvalue weighted by atomic mass is 32.2. The maximum atomic E-state index is 12.9. The van der Waals surface area contributed by atoms with Gasteiger partial charge in [-0.05, 0) is 31.5 Å². The molecule has 1 aromatic heterocycles. The smallest absolute Gasteiger partial charge is 0.338 e. The summed E-state index contributed by atoms with van der Waals surface area (Å²) in [5.74, 6) is 0.0768. The quantitative estimate of drug-likeness (QED) is 0.763. The molecule has 1 aromatic carbocycles. The van der Waals surface area contributed by atoms with E-state index in [0.717, 1.165) is 0 Å². The Morgan fingerprint density at radius 3 is 2.88 bits per heavy atom. The second-order valence-electron chi connectivity index (χ2n) is 5.48. The topological polar surface area (TPSA) is 94.4 Å². The summed E-state index contributed by atoms with van der Waals surface area (Å²) in [6.45, 7) is 4.67. The van der Waals surface area contributed by atoms with Gasteiger partial charge in [-0.15, -0.1) is 10.2 Å². The van der Waals surface area contributed by atoms with Gasteiger partial charge >= 0.3 is 5.97 Å². The van der Waals surface area contributed by atoms with E-state index in [1.165, 1.54) is 16.4 Å². The normalized spacial score (nSPS) is 15.1. The minimum atomic E-state index is -3.73. The highest BCUT2D eigenvalue weighted by Crippen LogP contribution is 2.23. The maximum Gasteiger partial charge on any atom is 0.338 e. The van der Waals surface area contributed by atoms with Gasteiger partial charge < -0.3 is 9.30 Å². The summed E-state index contributed by atoms with van der Waals surface area (Å²) in [5, 5.41) is 7.72. The Kier molecular flexibility index (Phi) is 4.37. The van der Waals surface area contributed by atoms with E-state index in [2.05, 4.69) is 10.2 Å². The molecule has 0 unspecified atom stereocenters. The second kappa shape index (κ2) is 6.33. The van der Waals surface area contributed by atoms with Gasteiger partial charge in [0.25, 0.3) is 0 Å². The number of nitrogens with zero attached hydrogens (tertiary/aromatic N) is 4. The number of benzene rings is 1. The monoisotopic (exact) mass is 350 g/mol. The largest absolute Gasteiger partial charge is 0.462 e. The summed E-state index contributed by atoms with van der Waals surface area (Å²) >= 11 is 0. The molecule has 0 amide bonds. The molecule has 0 radical (unpaired) electrons. The summed E-state index contributed by atoms with van der Waals surface area (Å²) in [6, 6.07) is 4.50. The molecule has 2 aromatic rings. The lowest BCUT2D eigenvalue weighted by atomic mass is 10.1. The van der Waals surface area contributed by atoms with Crippen LogP contribution in [-0.4, -0.2) is 46.6 Å². The number of hydrogen-bond donors (Lipinski definition) is 0. The van der Waals surface area contributed by atoms with Crippen molar-refractivity contribution in [3.8, 4) is 0 Å². The van der Waals surface area contributed by atoms with Crippen molar-refractivity contribution in [2.75, 3.05) is 13.2 Å². The van der Waals surface area contributed by atoms with Crippen molar-refractivity contribution < 1.29 is 17.9 Å². The van der Waals surface area contributed by atoms with Crippen molar-refractivity contribution in [2.45, 2.75) is 31.8 Å². The predicted octanol–water partition coefficient (Wildman–Crippen LogP) is 0.968. The van der Waals surface area contributed by atoms with Crippen molar-refractivity contribution in [3.63, 3.8) is 0 Å². The third-order valence-electron chi connectivity index (χ3n) is 3.95. The molecule has 2 heterocycles. The Morgan fingerprint density at radius 1 is 1.33 bits per heavy atom. The number of sulfonamides is 1. The molecule has 0 aliphatic carbocycles. The molecule has 128 valence electrons. The fraction of sp³-hybridized carbons (Fsp3) is 0.400. The zero-order valence-electron chi connectivity index (χ0n) is 13.5. The van der Waals surface area contributed by atoms with Crippen molar-refractivity contribution in [1.82, 2.24) is 19.1 Å². The van der Waals surface area contributed by atoms with E-state index in [-0.39, 0.29) is 23.6 Å². The first-order chi connectivity index (χ1) is 11.4. The van der Waals surface area contributed by atoms with Crippen molar-refractivity contribution in [1.29, 1.82) is 0 Å². The van der Waals surface area contributed by atoms with Gasteiger partial charge in [0.05, 0.1) is 23.6 Å². The number of rotatable bonds is 4. The molecular weight excluding hydrogens is 332 g/mol. The van der Waals surface area contributed by atoms with E-state index in [1.807, 2.05) is 4.57 Å². The van der Waals surface area contributed by atoms with Gasteiger partial charge in [0.15, 0.2) is 0 Å². The highest BCUT2D eigenvalue weighted by molar-refractivity contribution is 7.89. The van der Waals surface area contributed by atoms with E-state index in [1.54, 1.807) is 26.2 Å². The number of ether oxygens (including phenoxy) is 1. The molecule has 0 spiro atoms. The van der Waals surface area contributed by atoms with Crippen LogP contribution >= 0.6 is 0 Å². The van der Waals surface area contributed by atoms with Crippen LogP contribution in [0.25, 0.3) is 0 Å². The van der Waals surface area contributed by atoms with Crippen LogP contribution in [0, 0.1) is 6.92 Å². The third-order valence-corrected chi connectivity index (χ3v) is 5.79. The predicted molar refractivity (Wildman–Crippen MR) is 84.8 cm³/mol. The molecule has 0 bridgehead atoms. The van der Waals surface area contributed by atoms with Crippen molar-refractivity contribution in [3.05, 3.63) is 41.5 Å². The maximum absolute atomic E-state index is 12.9. The van der Waals surface area contributed by atoms with Gasteiger partial charge in [-0.3, -0.25) is 0 Å². The lowest BCUT2D eigenvalue weighted by molar-refractivity contribution is 0.0525. The van der Waals surface area contributed by atoms with E-state index in [4.69, 9.17) is 4.74 Å². The molecule has 0 saturated carbocycles. The zero-order valence-corrected chi connectivity index (χ0v) is 14.3. The van der Waals surface area contributed by atoms with Crippen LogP contribution in [0.1, 0.15) is 28.7 Å². The fourth-order valence-electron chi connectivity index (χ4n) is 2.59. The zero-order chi connectivity index (χ0) is 17.3. The standard InChI is InChI=1S/C15H18N4O4S/c1-3-23-15(20)13-8-12(5-4-11(13)2)24(21,22)19-7-6-18-10-16-17-14(18)9-19/h4-5,8,10H,3,6-7,9H2,1-2H3. The Balaban J connectivity index is 1.93. The minimum absolute atomic E-state index is 0.0733. The molecule has 1 aliphatic rings. The summed E-state index contributed by atoms with van der Waals surface area (Å²) < 4.78 is 33.9. The molecular formula is C15H18N4O4S. The molecule has 8 nitrogen and oxygen atoms in total. The summed E-state index contributed by atoms with van der Waals surface area (Å²) in [5.41, 5.74) is 0.934. The van der Waals surface area contributed by atoms with E-state index in [9.17, 15) is 13.2 Å². The lowest BCUT2D eigenvalue weighted by Crippen LogP contribution is -2.38. The number of aromatic nitrogens is 3. The van der Waals surface area contributed by atoms with Crippen LogP contribution in [-0.2, 0) is 27.8 Å². The summed E-state index contributed by atoms with van der Waals surface area (Å²) in [6.07, 6.45) is 1.59. The molecule has 9 heteroatoms. The Labute approximate surface area is 140 Å². The van der Waals surface area contributed by atoms with Gasteiger partial charge in [0.2, 0.25) is 10.0 Å². The molecule has 0 atom stereocenters. The molecule has 3 rings (SSSR count). The van der Waals surface area contributed by atoms with Gasteiger partial charge in [-0.2, -0.15) is 4.31 Å². The molecule has 1 aliphatic heterocycles. The van der Waals surface area contributed by atoms with Crippen molar-refractivity contribution in [2.24, 2.45) is 0 Å². The summed E-state index contributed by atoms with van der Waals surface area (Å²) in [4.78, 5) is 12.1. The average Bonchev–Trinajstić information content (AvgIpc) is 3.02. The van der Waals surface area contributed by atoms with Gasteiger partial charge in [0, 0.05) is 13.1 Å². The van der Waals surface area contributed by atoms with Crippen LogP contribution in [0.4, 0.5) is 0 Å². The second-order valence-corrected chi connectivity index (χ2v) is 7.41. The first-order valence-corrected chi connectivity index (χ1v) is 9.02. The first-order valence-electron chi connectivity index (χ1n) is 7.58. The van der Waals surface area contributed by atoms with Crippen LogP contribution in [0.2, 0.25) is 0 Å². The number of hydrogen-bond acceptors (Lipinski definition) is 6. The van der Waals surface area contributed by atoms with E-state index >= 15 is 0 Å².